The largest absolute Gasteiger partial charge is 0.394 e. The minimum Gasteiger partial charge on any atom is -0.394 e. The zero-order valence-corrected chi connectivity index (χ0v) is 79.3. The summed E-state index contributed by atoms with van der Waals surface area (Å²) >= 11 is 0. The number of rotatable bonds is 28. The molecule has 7 N–H and O–H groups in total. The Morgan fingerprint density at radius 2 is 0.550 bits per heavy atom. The van der Waals surface area contributed by atoms with Crippen LogP contribution in [0.4, 0.5) is 54.8 Å². The van der Waals surface area contributed by atoms with Gasteiger partial charge in [-0.1, -0.05) is 67.1 Å². The average Bonchev–Trinajstić information content (AvgIpc) is 1.62. The maximum absolute atomic E-state index is 14.4. The fourth-order valence-corrected chi connectivity index (χ4v) is 22.6. The summed E-state index contributed by atoms with van der Waals surface area (Å²) in [6, 6.07) is 31.0. The van der Waals surface area contributed by atoms with Crippen LogP contribution in [0, 0.1) is 97.2 Å². The lowest BCUT2D eigenvalue weighted by Crippen LogP contribution is -2.35. The smallest absolute Gasteiger partial charge is 0.286 e. The Hall–Kier alpha value is -10.9. The van der Waals surface area contributed by atoms with Gasteiger partial charge in [0.05, 0.1) is 66.9 Å². The number of sulfonamides is 5. The van der Waals surface area contributed by atoms with E-state index in [9.17, 15) is 97.5 Å². The van der Waals surface area contributed by atoms with Crippen LogP contribution in [-0.4, -0.2) is 114 Å². The van der Waals surface area contributed by atoms with E-state index in [4.69, 9.17) is 5.11 Å². The van der Waals surface area contributed by atoms with Crippen LogP contribution < -0.4 is 51.4 Å². The van der Waals surface area contributed by atoms with Gasteiger partial charge in [-0.25, -0.2) is 68.4 Å². The summed E-state index contributed by atoms with van der Waals surface area (Å²) < 4.78 is 228. The lowest BCUT2D eigenvalue weighted by Gasteiger charge is -2.27. The number of aliphatic hydroxyl groups is 2. The highest BCUT2D eigenvalue weighted by Gasteiger charge is 2.56. The zero-order chi connectivity index (χ0) is 96.4. The summed E-state index contributed by atoms with van der Waals surface area (Å²) in [6.45, 7) is 14.9. The predicted molar refractivity (Wildman–Crippen MR) is 496 cm³/mol. The number of pyridine rings is 5. The van der Waals surface area contributed by atoms with Crippen molar-refractivity contribution in [3.63, 3.8) is 0 Å². The van der Waals surface area contributed by atoms with Gasteiger partial charge in [0.25, 0.3) is 27.8 Å². The number of aromatic nitrogens is 5. The second-order valence-electron chi connectivity index (χ2n) is 34.9. The molecular weight excluding hydrogens is 1800 g/mol. The van der Waals surface area contributed by atoms with Crippen LogP contribution in [0.2, 0.25) is 0 Å². The zero-order valence-electron chi connectivity index (χ0n) is 75.2. The summed E-state index contributed by atoms with van der Waals surface area (Å²) in [5.74, 6) is -3.07. The Kier molecular flexibility index (Phi) is 30.9. The molecule has 5 fully saturated rings. The van der Waals surface area contributed by atoms with Crippen molar-refractivity contribution in [2.75, 3.05) is 30.2 Å². The molecule has 15 rings (SSSR count). The molecule has 5 saturated carbocycles. The second kappa shape index (κ2) is 40.3. The molecule has 1 unspecified atom stereocenters. The molecule has 0 bridgehead atoms. The van der Waals surface area contributed by atoms with Crippen molar-refractivity contribution in [1.82, 2.24) is 22.8 Å². The van der Waals surface area contributed by atoms with Gasteiger partial charge < -0.3 is 33.0 Å². The number of hydrogen-bond acceptors (Lipinski definition) is 17. The van der Waals surface area contributed by atoms with Gasteiger partial charge in [0, 0.05) is 124 Å². The summed E-state index contributed by atoms with van der Waals surface area (Å²) in [4.78, 5) is 61.2. The fraction of sp³-hybridized carbons (Fsp3) is 0.409. The molecule has 1 atom stereocenters. The van der Waals surface area contributed by atoms with Crippen LogP contribution >= 0.6 is 0 Å². The van der Waals surface area contributed by atoms with Gasteiger partial charge in [0.1, 0.15) is 29.1 Å². The Bertz CT molecular complexity index is 6660. The van der Waals surface area contributed by atoms with Crippen molar-refractivity contribution in [2.45, 2.75) is 203 Å². The molecular formula is C93H110F6N10O17S5. The van der Waals surface area contributed by atoms with Gasteiger partial charge >= 0.3 is 0 Å². The Morgan fingerprint density at radius 3 is 0.756 bits per heavy atom. The molecule has 706 valence electrons. The molecule has 5 aliphatic carbocycles. The second-order valence-corrected chi connectivity index (χ2v) is 44.8. The van der Waals surface area contributed by atoms with Crippen LogP contribution in [0.25, 0.3) is 0 Å². The molecule has 5 heterocycles. The van der Waals surface area contributed by atoms with Crippen LogP contribution in [0.15, 0.2) is 145 Å². The van der Waals surface area contributed by atoms with E-state index in [1.54, 1.807) is 150 Å². The molecule has 0 saturated heterocycles. The van der Waals surface area contributed by atoms with Gasteiger partial charge in [-0.15, -0.1) is 0 Å². The highest BCUT2D eigenvalue weighted by molar-refractivity contribution is 7.95. The van der Waals surface area contributed by atoms with Crippen LogP contribution in [0.5, 0.6) is 0 Å². The van der Waals surface area contributed by atoms with Crippen molar-refractivity contribution in [1.29, 1.82) is 0 Å². The maximum atomic E-state index is 14.4. The molecule has 27 nitrogen and oxygen atoms in total. The molecule has 0 spiro atoms. The number of nitrogens with zero attached hydrogens (tertiary/aromatic N) is 5. The minimum absolute atomic E-state index is 0.0300. The van der Waals surface area contributed by atoms with Crippen molar-refractivity contribution in [3.05, 3.63) is 314 Å². The third kappa shape index (κ3) is 24.3. The van der Waals surface area contributed by atoms with E-state index in [1.165, 1.54) is 80.9 Å². The molecule has 0 radical (unpaired) electrons. The number of aryl methyl sites for hydroxylation is 9. The summed E-state index contributed by atoms with van der Waals surface area (Å²) in [6.07, 6.45) is 5.73. The van der Waals surface area contributed by atoms with E-state index in [1.807, 2.05) is 0 Å². The summed E-state index contributed by atoms with van der Waals surface area (Å²) in [7, 11) is -10.4. The Balaban J connectivity index is 0.000000158. The van der Waals surface area contributed by atoms with E-state index in [0.717, 1.165) is 44.9 Å². The quantitative estimate of drug-likeness (QED) is 0.0224. The van der Waals surface area contributed by atoms with Gasteiger partial charge in [0.15, 0.2) is 5.82 Å². The lowest BCUT2D eigenvalue weighted by atomic mass is 10.0. The molecule has 5 aliphatic rings. The molecule has 5 aromatic carbocycles. The van der Waals surface area contributed by atoms with Crippen LogP contribution in [0.3, 0.4) is 0 Å². The van der Waals surface area contributed by atoms with Gasteiger partial charge in [0.2, 0.25) is 50.1 Å². The minimum atomic E-state index is -3.92. The third-order valence-electron chi connectivity index (χ3n) is 24.0. The number of nitrogens with one attached hydrogen (secondary N) is 5. The molecule has 131 heavy (non-hydrogen) atoms. The van der Waals surface area contributed by atoms with Crippen molar-refractivity contribution < 1.29 is 78.6 Å². The normalized spacial score (nSPS) is 15.0. The van der Waals surface area contributed by atoms with Crippen LogP contribution in [-0.2, 0) is 117 Å². The predicted octanol–water partition coefficient (Wildman–Crippen LogP) is 12.5. The van der Waals surface area contributed by atoms with E-state index >= 15 is 0 Å². The Morgan fingerprint density at radius 1 is 0.328 bits per heavy atom. The molecule has 5 aromatic heterocycles. The standard InChI is InChI=1S/C21H27FN2O5S.C19H23FN2O3S.2C18H21FN2O3S.C17H18F2N2O3S/c1-13-4-5-15(17(22)8-13)10-19-18(9-14(2)20(27)24(19)3)23-30(28,29)21(6-7-21)11-16(26)12-25;1-12-7-8-14(16(20)9-12)11-18-17(10-13(2)19(23)22(18)3)21-26(24,25)15-5-4-6-15;2*1-11-4-5-13(15(19)8-11)10-17-16(9-12(2)18(22)21(17)3)20-25(23,24)14-6-7-14;1-10-3-4-11(13(18)7-10)8-16-15(9-14(19)17(22)21(16)2)20-25(23,24)12-5-6-12/h4-5,8-9,16,23,25-26H,6-7,10-12H2,1-3H3;7-10,15,21H,4-6,11H2,1-3H3;2*4-5,8-9,14,20H,6-7,10H2,1-3H3;3-4,7,9,12,20H,5-6,8H2,1-2H3. The monoisotopic (exact) mass is 1910 g/mol. The van der Waals surface area contributed by atoms with E-state index < -0.39 is 101 Å². The highest BCUT2D eigenvalue weighted by Crippen LogP contribution is 2.48. The third-order valence-corrected chi connectivity index (χ3v) is 33.7. The number of aliphatic hydroxyl groups excluding tert-OH is 2. The number of halogens is 6. The Labute approximate surface area is 758 Å². The summed E-state index contributed by atoms with van der Waals surface area (Å²) in [5.41, 5.74) is 8.66. The van der Waals surface area contributed by atoms with E-state index in [-0.39, 0.29) is 106 Å². The first-order valence-electron chi connectivity index (χ1n) is 42.5. The average molecular weight is 1910 g/mol. The van der Waals surface area contributed by atoms with E-state index in [2.05, 4.69) is 23.6 Å². The first-order chi connectivity index (χ1) is 61.2. The van der Waals surface area contributed by atoms with Gasteiger partial charge in [-0.2, -0.15) is 0 Å². The molecule has 38 heteroatoms. The van der Waals surface area contributed by atoms with Gasteiger partial charge in [-0.05, 0) is 243 Å². The first-order valence-corrected chi connectivity index (χ1v) is 50.2. The fourth-order valence-electron chi connectivity index (χ4n) is 15.1. The number of hydrogen-bond donors (Lipinski definition) is 7. The number of benzene rings is 5. The number of anilines is 5. The molecule has 0 amide bonds. The van der Waals surface area contributed by atoms with Crippen molar-refractivity contribution >= 4 is 78.6 Å². The SMILES string of the molecule is Cc1ccc(Cc2c(NS(=O)(=O)C3(CC(O)CO)CC3)cc(C)c(=O)n2C)c(F)c1.Cc1ccc(Cc2c(NS(=O)(=O)C3CC3)cc(C)c(=O)n2C)c(F)c1.Cc1ccc(Cc2c(NS(=O)(=O)C3CC3)cc(C)c(=O)n2C)c(F)c1.Cc1ccc(Cc2c(NS(=O)(=O)C3CC3)cc(F)c(=O)n2C)c(F)c1.Cc1ccc(Cc2c(NS(=O)(=O)C3CCC3)cc(C)c(=O)n2C)c(F)c1. The van der Waals surface area contributed by atoms with Crippen molar-refractivity contribution in [2.24, 2.45) is 35.2 Å². The highest BCUT2D eigenvalue weighted by atomic mass is 32.2. The molecule has 10 aromatic rings. The maximum Gasteiger partial charge on any atom is 0.286 e. The first kappa shape index (κ1) is 101. The van der Waals surface area contributed by atoms with Crippen LogP contribution in [0.1, 0.15) is 183 Å². The van der Waals surface area contributed by atoms with Crippen molar-refractivity contribution in [3.8, 4) is 0 Å². The van der Waals surface area contributed by atoms with E-state index in [0.29, 0.717) is 154 Å². The van der Waals surface area contributed by atoms with Gasteiger partial charge in [-0.3, -0.25) is 47.6 Å². The lowest BCUT2D eigenvalue weighted by molar-refractivity contribution is 0.0858. The molecule has 0 aliphatic heterocycles. The summed E-state index contributed by atoms with van der Waals surface area (Å²) in [5, 5.41) is 17.2. The topological polar surface area (TPSA) is 381 Å².